The summed E-state index contributed by atoms with van der Waals surface area (Å²) in [6, 6.07) is 12.5. The van der Waals surface area contributed by atoms with Crippen molar-refractivity contribution in [3.8, 4) is 34.6 Å². The lowest BCUT2D eigenvalue weighted by atomic mass is 9.90. The van der Waals surface area contributed by atoms with Crippen molar-refractivity contribution in [3.05, 3.63) is 53.2 Å². The van der Waals surface area contributed by atoms with E-state index in [9.17, 15) is 10.2 Å². The van der Waals surface area contributed by atoms with Gasteiger partial charge in [0.15, 0.2) is 0 Å². The first-order chi connectivity index (χ1) is 15.0. The van der Waals surface area contributed by atoms with Gasteiger partial charge in [0.25, 0.3) is 0 Å². The fraction of sp³-hybridized carbons (Fsp3) is 0.375. The molecule has 31 heavy (non-hydrogen) atoms. The summed E-state index contributed by atoms with van der Waals surface area (Å²) >= 11 is 0. The molecule has 0 saturated carbocycles. The van der Waals surface area contributed by atoms with Crippen LogP contribution in [-0.2, 0) is 13.0 Å². The molecule has 0 bridgehead atoms. The number of phenolic OH excluding ortho intramolecular Hbond substituents is 2. The van der Waals surface area contributed by atoms with Crippen molar-refractivity contribution in [1.82, 2.24) is 15.0 Å². The molecule has 0 saturated heterocycles. The van der Waals surface area contributed by atoms with Crippen LogP contribution in [0.1, 0.15) is 49.4 Å². The normalized spacial score (nSPS) is 15.5. The number of rotatable bonds is 6. The van der Waals surface area contributed by atoms with Gasteiger partial charge in [-0.2, -0.15) is 5.26 Å². The van der Waals surface area contributed by atoms with Crippen molar-refractivity contribution in [3.63, 3.8) is 0 Å². The summed E-state index contributed by atoms with van der Waals surface area (Å²) in [6.07, 6.45) is 2.65. The summed E-state index contributed by atoms with van der Waals surface area (Å²) in [5, 5.41) is 38.3. The predicted octanol–water partition coefficient (Wildman–Crippen LogP) is 4.38. The molecule has 0 radical (unpaired) electrons. The van der Waals surface area contributed by atoms with Crippen LogP contribution in [-0.4, -0.2) is 31.8 Å². The number of fused-ring (bicyclic) bond motifs is 1. The Labute approximate surface area is 181 Å². The number of nitrogens with zero attached hydrogens (tertiary/aromatic N) is 4. The monoisotopic (exact) mass is 418 g/mol. The van der Waals surface area contributed by atoms with Gasteiger partial charge in [-0.05, 0) is 60.9 Å². The number of hydrogen-bond donors (Lipinski definition) is 2. The Morgan fingerprint density at radius 3 is 2.84 bits per heavy atom. The average molecular weight is 418 g/mol. The number of nitriles is 1. The molecule has 0 fully saturated rings. The van der Waals surface area contributed by atoms with Gasteiger partial charge in [0.2, 0.25) is 0 Å². The van der Waals surface area contributed by atoms with Crippen LogP contribution in [0.25, 0.3) is 11.3 Å². The van der Waals surface area contributed by atoms with E-state index in [0.29, 0.717) is 35.1 Å². The quantitative estimate of drug-likeness (QED) is 0.615. The maximum Gasteiger partial charge on any atom is 0.128 e. The Morgan fingerprint density at radius 1 is 1.23 bits per heavy atom. The molecule has 7 nitrogen and oxygen atoms in total. The van der Waals surface area contributed by atoms with Crippen molar-refractivity contribution in [2.75, 3.05) is 6.61 Å². The molecule has 1 aliphatic heterocycles. The molecule has 160 valence electrons. The third kappa shape index (κ3) is 4.33. The molecule has 1 unspecified atom stereocenters. The lowest BCUT2D eigenvalue weighted by Crippen LogP contribution is -2.21. The molecule has 7 heteroatoms. The maximum atomic E-state index is 10.5. The van der Waals surface area contributed by atoms with E-state index < -0.39 is 0 Å². The molecule has 0 spiro atoms. The van der Waals surface area contributed by atoms with E-state index in [4.69, 9.17) is 10.00 Å². The number of aryl methyl sites for hydroxylation is 1. The molecule has 2 aromatic carbocycles. The fourth-order valence-electron chi connectivity index (χ4n) is 4.10. The summed E-state index contributed by atoms with van der Waals surface area (Å²) in [4.78, 5) is 0. The lowest BCUT2D eigenvalue weighted by molar-refractivity contribution is 0.252. The Hall–Kier alpha value is -3.53. The summed E-state index contributed by atoms with van der Waals surface area (Å²) < 4.78 is 7.76. The van der Waals surface area contributed by atoms with E-state index in [1.54, 1.807) is 12.1 Å². The SMILES string of the molecule is CC(C)c1cc(-c2nnn3c2CC(CCOc2cccc(C#N)c2)CC3)c(O)cc1O. The minimum absolute atomic E-state index is 0.00744. The summed E-state index contributed by atoms with van der Waals surface area (Å²) in [5.74, 6) is 1.33. The lowest BCUT2D eigenvalue weighted by Gasteiger charge is -2.23. The van der Waals surface area contributed by atoms with Crippen LogP contribution >= 0.6 is 0 Å². The standard InChI is InChI=1S/C24H26N4O3/c1-15(2)19-12-20(23(30)13-22(19)29)24-21-11-16(6-8-28(21)27-26-24)7-9-31-18-5-3-4-17(10-18)14-25/h3-5,10,12-13,15-16,29-30H,6-9,11H2,1-2H3. The highest BCUT2D eigenvalue weighted by molar-refractivity contribution is 5.71. The van der Waals surface area contributed by atoms with Crippen LogP contribution in [0.5, 0.6) is 17.2 Å². The van der Waals surface area contributed by atoms with Crippen LogP contribution in [0.15, 0.2) is 36.4 Å². The molecule has 3 aromatic rings. The van der Waals surface area contributed by atoms with Gasteiger partial charge in [-0.25, -0.2) is 4.68 Å². The molecule has 2 N–H and O–H groups in total. The number of aromatic hydroxyl groups is 2. The molecule has 1 aliphatic rings. The van der Waals surface area contributed by atoms with E-state index in [1.807, 2.05) is 36.7 Å². The van der Waals surface area contributed by atoms with Crippen LogP contribution in [0, 0.1) is 17.2 Å². The van der Waals surface area contributed by atoms with Gasteiger partial charge in [0, 0.05) is 18.2 Å². The van der Waals surface area contributed by atoms with Crippen molar-refractivity contribution in [2.45, 2.75) is 45.6 Å². The first-order valence-electron chi connectivity index (χ1n) is 10.6. The summed E-state index contributed by atoms with van der Waals surface area (Å²) in [7, 11) is 0. The number of hydrogen-bond acceptors (Lipinski definition) is 6. The molecular weight excluding hydrogens is 392 g/mol. The van der Waals surface area contributed by atoms with Crippen LogP contribution in [0.3, 0.4) is 0 Å². The highest BCUT2D eigenvalue weighted by Gasteiger charge is 2.26. The summed E-state index contributed by atoms with van der Waals surface area (Å²) in [5.41, 5.74) is 3.64. The average Bonchev–Trinajstić information content (AvgIpc) is 3.17. The van der Waals surface area contributed by atoms with E-state index in [2.05, 4.69) is 16.4 Å². The molecule has 1 atom stereocenters. The van der Waals surface area contributed by atoms with E-state index in [0.717, 1.165) is 37.1 Å². The maximum absolute atomic E-state index is 10.5. The smallest absolute Gasteiger partial charge is 0.128 e. The number of phenols is 2. The fourth-order valence-corrected chi connectivity index (χ4v) is 4.10. The van der Waals surface area contributed by atoms with Gasteiger partial charge in [-0.15, -0.1) is 5.10 Å². The van der Waals surface area contributed by atoms with E-state index in [1.165, 1.54) is 6.07 Å². The van der Waals surface area contributed by atoms with E-state index in [-0.39, 0.29) is 17.4 Å². The van der Waals surface area contributed by atoms with Gasteiger partial charge >= 0.3 is 0 Å². The Kier molecular flexibility index (Phi) is 5.81. The van der Waals surface area contributed by atoms with Gasteiger partial charge in [0.05, 0.1) is 23.9 Å². The molecule has 2 heterocycles. The second-order valence-corrected chi connectivity index (χ2v) is 8.33. The second-order valence-electron chi connectivity index (χ2n) is 8.33. The van der Waals surface area contributed by atoms with Crippen molar-refractivity contribution in [1.29, 1.82) is 5.26 Å². The second kappa shape index (κ2) is 8.68. The predicted molar refractivity (Wildman–Crippen MR) is 116 cm³/mol. The van der Waals surface area contributed by atoms with E-state index >= 15 is 0 Å². The van der Waals surface area contributed by atoms with Crippen LogP contribution in [0.4, 0.5) is 0 Å². The third-order valence-electron chi connectivity index (χ3n) is 5.85. The summed E-state index contributed by atoms with van der Waals surface area (Å²) in [6.45, 7) is 5.34. The topological polar surface area (TPSA) is 104 Å². The minimum Gasteiger partial charge on any atom is -0.508 e. The number of benzene rings is 2. The largest absolute Gasteiger partial charge is 0.508 e. The highest BCUT2D eigenvalue weighted by Crippen LogP contribution is 2.39. The molecule has 0 amide bonds. The zero-order valence-corrected chi connectivity index (χ0v) is 17.7. The molecule has 0 aliphatic carbocycles. The van der Waals surface area contributed by atoms with Gasteiger partial charge in [-0.1, -0.05) is 25.1 Å². The Bertz CT molecular complexity index is 1130. The number of aromatic nitrogens is 3. The van der Waals surface area contributed by atoms with Gasteiger partial charge in [0.1, 0.15) is 22.9 Å². The van der Waals surface area contributed by atoms with Gasteiger partial charge in [-0.3, -0.25) is 0 Å². The Balaban J connectivity index is 1.48. The first-order valence-corrected chi connectivity index (χ1v) is 10.6. The zero-order valence-electron chi connectivity index (χ0n) is 17.7. The molecule has 1 aromatic heterocycles. The van der Waals surface area contributed by atoms with Crippen LogP contribution < -0.4 is 4.74 Å². The first kappa shape index (κ1) is 20.7. The van der Waals surface area contributed by atoms with Crippen molar-refractivity contribution in [2.24, 2.45) is 5.92 Å². The minimum atomic E-state index is 0.00744. The Morgan fingerprint density at radius 2 is 2.06 bits per heavy atom. The van der Waals surface area contributed by atoms with Crippen molar-refractivity contribution >= 4 is 0 Å². The third-order valence-corrected chi connectivity index (χ3v) is 5.85. The highest BCUT2D eigenvalue weighted by atomic mass is 16.5. The molecular formula is C24H26N4O3. The van der Waals surface area contributed by atoms with Crippen LogP contribution in [0.2, 0.25) is 0 Å². The van der Waals surface area contributed by atoms with Gasteiger partial charge < -0.3 is 14.9 Å². The molecule has 4 rings (SSSR count). The zero-order chi connectivity index (χ0) is 22.0. The number of ether oxygens (including phenoxy) is 1. The van der Waals surface area contributed by atoms with Crippen molar-refractivity contribution < 1.29 is 14.9 Å².